The molecule has 2 rings (SSSR count). The van der Waals surface area contributed by atoms with Crippen molar-refractivity contribution in [2.75, 3.05) is 5.73 Å². The number of aromatic nitrogens is 2. The van der Waals surface area contributed by atoms with E-state index in [0.29, 0.717) is 11.8 Å². The summed E-state index contributed by atoms with van der Waals surface area (Å²) in [5.74, 6) is 1.19. The molecule has 18 heavy (non-hydrogen) atoms. The Bertz CT molecular complexity index is 539. The van der Waals surface area contributed by atoms with Gasteiger partial charge in [-0.15, -0.1) is 0 Å². The van der Waals surface area contributed by atoms with Crippen molar-refractivity contribution in [3.8, 4) is 0 Å². The Morgan fingerprint density at radius 2 is 2.22 bits per heavy atom. The first-order chi connectivity index (χ1) is 8.16. The minimum atomic E-state index is 0. The van der Waals surface area contributed by atoms with Gasteiger partial charge in [0.1, 0.15) is 12.1 Å². The number of nitrogens with zero attached hydrogens (tertiary/aromatic N) is 2. The number of thioether (sulfide) groups is 1. The Morgan fingerprint density at radius 3 is 2.94 bits per heavy atom. The van der Waals surface area contributed by atoms with Crippen LogP contribution in [0.1, 0.15) is 0 Å². The number of hydrogen-bond acceptors (Lipinski definition) is 3. The topological polar surface area (TPSA) is 42.8 Å². The highest BCUT2D eigenvalue weighted by atomic mass is 79.9. The summed E-state index contributed by atoms with van der Waals surface area (Å²) in [6.45, 7) is 0. The first-order valence-electron chi connectivity index (χ1n) is 4.84. The van der Waals surface area contributed by atoms with E-state index in [1.54, 1.807) is 18.0 Å². The Labute approximate surface area is 129 Å². The Kier molecular flexibility index (Phi) is 6.21. The van der Waals surface area contributed by atoms with E-state index >= 15 is 0 Å². The summed E-state index contributed by atoms with van der Waals surface area (Å²) in [6.07, 6.45) is 3.57. The molecule has 0 aliphatic rings. The van der Waals surface area contributed by atoms with Crippen molar-refractivity contribution >= 4 is 45.2 Å². The zero-order valence-electron chi connectivity index (χ0n) is 9.19. The van der Waals surface area contributed by atoms with Gasteiger partial charge in [0.15, 0.2) is 0 Å². The summed E-state index contributed by atoms with van der Waals surface area (Å²) < 4.78 is 2.90. The summed E-state index contributed by atoms with van der Waals surface area (Å²) in [7, 11) is 0. The fourth-order valence-corrected chi connectivity index (χ4v) is 2.99. The van der Waals surface area contributed by atoms with E-state index in [1.807, 2.05) is 35.0 Å². The highest BCUT2D eigenvalue weighted by Gasteiger charge is 2.07. The standard InChI is InChI=1S/C11H9BrClN3S.ClH/c12-9-3-2-8(13)6-10(9)17-7-16-5-1-4-15-11(16)14;/h1-6,14H,7H2;1H. The van der Waals surface area contributed by atoms with Gasteiger partial charge in [0.25, 0.3) is 0 Å². The van der Waals surface area contributed by atoms with Crippen LogP contribution in [0.2, 0.25) is 5.02 Å². The van der Waals surface area contributed by atoms with Gasteiger partial charge < -0.3 is 12.4 Å². The smallest absolute Gasteiger partial charge is 0.389 e. The van der Waals surface area contributed by atoms with Gasteiger partial charge in [-0.3, -0.25) is 5.73 Å². The van der Waals surface area contributed by atoms with Crippen molar-refractivity contribution in [2.24, 2.45) is 0 Å². The second-order valence-electron chi connectivity index (χ2n) is 3.30. The minimum Gasteiger partial charge on any atom is -1.00 e. The zero-order valence-corrected chi connectivity index (χ0v) is 13.1. The van der Waals surface area contributed by atoms with Crippen molar-refractivity contribution in [2.45, 2.75) is 10.8 Å². The van der Waals surface area contributed by atoms with Crippen LogP contribution >= 0.6 is 39.3 Å². The quantitative estimate of drug-likeness (QED) is 0.619. The molecule has 0 aliphatic carbocycles. The lowest BCUT2D eigenvalue weighted by Gasteiger charge is -2.05. The summed E-state index contributed by atoms with van der Waals surface area (Å²) in [6, 6.07) is 7.55. The van der Waals surface area contributed by atoms with E-state index in [9.17, 15) is 0 Å². The Morgan fingerprint density at radius 1 is 1.44 bits per heavy atom. The number of anilines is 1. The summed E-state index contributed by atoms with van der Waals surface area (Å²) >= 11 is 11.1. The minimum absolute atomic E-state index is 0. The molecular weight excluding hydrogens is 357 g/mol. The van der Waals surface area contributed by atoms with E-state index in [2.05, 4.69) is 20.9 Å². The predicted molar refractivity (Wildman–Crippen MR) is 73.9 cm³/mol. The molecule has 0 saturated heterocycles. The molecule has 0 spiro atoms. The van der Waals surface area contributed by atoms with Crippen molar-refractivity contribution in [1.29, 1.82) is 0 Å². The molecule has 2 N–H and O–H groups in total. The lowest BCUT2D eigenvalue weighted by atomic mass is 10.4. The lowest BCUT2D eigenvalue weighted by molar-refractivity contribution is -0.663. The Hall–Kier alpha value is -0.490. The molecule has 2 aromatic rings. The third-order valence-electron chi connectivity index (χ3n) is 2.11. The van der Waals surface area contributed by atoms with Crippen LogP contribution in [-0.4, -0.2) is 4.98 Å². The van der Waals surface area contributed by atoms with Crippen molar-refractivity contribution < 1.29 is 17.0 Å². The SMILES string of the molecule is Nc1nccc[n+]1CSc1cc(Cl)ccc1Br.[Cl-]. The molecule has 0 fully saturated rings. The molecule has 0 atom stereocenters. The molecule has 0 aliphatic heterocycles. The highest BCUT2D eigenvalue weighted by molar-refractivity contribution is 9.10. The third-order valence-corrected chi connectivity index (χ3v) is 4.35. The number of benzene rings is 1. The van der Waals surface area contributed by atoms with Crippen LogP contribution in [0.25, 0.3) is 0 Å². The van der Waals surface area contributed by atoms with Gasteiger partial charge >= 0.3 is 5.95 Å². The van der Waals surface area contributed by atoms with Gasteiger partial charge in [0.05, 0.1) is 6.20 Å². The molecule has 0 unspecified atom stereocenters. The van der Waals surface area contributed by atoms with E-state index in [0.717, 1.165) is 14.4 Å². The first-order valence-corrected chi connectivity index (χ1v) is 7.00. The molecule has 1 aromatic heterocycles. The number of nitrogen functional groups attached to an aromatic ring is 1. The average Bonchev–Trinajstić information content (AvgIpc) is 2.32. The van der Waals surface area contributed by atoms with Crippen LogP contribution in [0.3, 0.4) is 0 Å². The number of nitrogens with two attached hydrogens (primary N) is 1. The molecular formula is C11H10BrCl2N3S. The van der Waals surface area contributed by atoms with Crippen LogP contribution in [0, 0.1) is 0 Å². The molecule has 7 heteroatoms. The maximum absolute atomic E-state index is 5.95. The normalized spacial score (nSPS) is 9.89. The van der Waals surface area contributed by atoms with Crippen molar-refractivity contribution in [3.05, 3.63) is 46.2 Å². The van der Waals surface area contributed by atoms with Gasteiger partial charge in [0, 0.05) is 20.5 Å². The first kappa shape index (κ1) is 15.6. The number of rotatable bonds is 3. The Balaban J connectivity index is 0.00000162. The molecule has 1 aromatic carbocycles. The van der Waals surface area contributed by atoms with E-state index in [1.165, 1.54) is 0 Å². The van der Waals surface area contributed by atoms with Gasteiger partial charge in [0.2, 0.25) is 0 Å². The second kappa shape index (κ2) is 7.19. The molecule has 0 saturated carbocycles. The largest absolute Gasteiger partial charge is 1.00 e. The van der Waals surface area contributed by atoms with Crippen LogP contribution < -0.4 is 22.7 Å². The maximum Gasteiger partial charge on any atom is 0.389 e. The van der Waals surface area contributed by atoms with Crippen LogP contribution in [0.15, 0.2) is 46.0 Å². The fraction of sp³-hybridized carbons (Fsp3) is 0.0909. The fourth-order valence-electron chi connectivity index (χ4n) is 1.25. The zero-order chi connectivity index (χ0) is 12.3. The van der Waals surface area contributed by atoms with Crippen LogP contribution in [0.5, 0.6) is 0 Å². The van der Waals surface area contributed by atoms with Crippen molar-refractivity contribution in [3.63, 3.8) is 0 Å². The molecule has 0 amide bonds. The van der Waals surface area contributed by atoms with Crippen LogP contribution in [0.4, 0.5) is 5.95 Å². The molecule has 3 nitrogen and oxygen atoms in total. The van der Waals surface area contributed by atoms with E-state index in [-0.39, 0.29) is 12.4 Å². The van der Waals surface area contributed by atoms with Gasteiger partial charge in [-0.2, -0.15) is 0 Å². The second-order valence-corrected chi connectivity index (χ2v) is 5.57. The van der Waals surface area contributed by atoms with E-state index < -0.39 is 0 Å². The number of halogens is 3. The summed E-state index contributed by atoms with van der Waals surface area (Å²) in [5.41, 5.74) is 5.75. The number of hydrogen-bond donors (Lipinski definition) is 1. The van der Waals surface area contributed by atoms with Gasteiger partial charge in [-0.05, 0) is 34.1 Å². The third kappa shape index (κ3) is 4.02. The van der Waals surface area contributed by atoms with E-state index in [4.69, 9.17) is 17.3 Å². The lowest BCUT2D eigenvalue weighted by Crippen LogP contribution is -3.00. The highest BCUT2D eigenvalue weighted by Crippen LogP contribution is 2.30. The maximum atomic E-state index is 5.95. The average molecular weight is 367 g/mol. The molecule has 96 valence electrons. The summed E-state index contributed by atoms with van der Waals surface area (Å²) in [5, 5.41) is 0.722. The van der Waals surface area contributed by atoms with Gasteiger partial charge in [-0.25, -0.2) is 4.57 Å². The molecule has 0 bridgehead atoms. The monoisotopic (exact) mass is 365 g/mol. The van der Waals surface area contributed by atoms with Crippen LogP contribution in [-0.2, 0) is 5.88 Å². The van der Waals surface area contributed by atoms with Gasteiger partial charge in [-0.1, -0.05) is 28.3 Å². The summed E-state index contributed by atoms with van der Waals surface area (Å²) in [4.78, 5) is 5.10. The molecule has 1 heterocycles. The molecule has 0 radical (unpaired) electrons. The van der Waals surface area contributed by atoms with Crippen molar-refractivity contribution in [1.82, 2.24) is 4.98 Å². The predicted octanol–water partition coefficient (Wildman–Crippen LogP) is 0.121.